The summed E-state index contributed by atoms with van der Waals surface area (Å²) >= 11 is 0. The highest BCUT2D eigenvalue weighted by molar-refractivity contribution is 6.26. The van der Waals surface area contributed by atoms with E-state index in [1.165, 1.54) is 131 Å². The molecular weight excluding hydrogens is 721 g/mol. The van der Waals surface area contributed by atoms with Gasteiger partial charge < -0.3 is 0 Å². The first kappa shape index (κ1) is 33.2. The summed E-state index contributed by atoms with van der Waals surface area (Å²) in [7, 11) is 0. The fourth-order valence-corrected chi connectivity index (χ4v) is 10.2. The molecule has 0 bridgehead atoms. The van der Waals surface area contributed by atoms with Gasteiger partial charge >= 0.3 is 0 Å². The van der Waals surface area contributed by atoms with Crippen LogP contribution in [0.5, 0.6) is 0 Å². The van der Waals surface area contributed by atoms with Crippen LogP contribution in [0.4, 0.5) is 0 Å². The Hall–Kier alpha value is -7.80. The summed E-state index contributed by atoms with van der Waals surface area (Å²) in [4.78, 5) is 0. The molecule has 0 saturated heterocycles. The third-order valence-electron chi connectivity index (χ3n) is 13.1. The second-order valence-corrected chi connectivity index (χ2v) is 16.5. The predicted molar refractivity (Wildman–Crippen MR) is 259 cm³/mol. The van der Waals surface area contributed by atoms with Crippen molar-refractivity contribution in [1.82, 2.24) is 0 Å². The lowest BCUT2D eigenvalue weighted by Gasteiger charge is -2.16. The topological polar surface area (TPSA) is 0 Å². The molecule has 0 aromatic heterocycles. The second kappa shape index (κ2) is 12.9. The monoisotopic (exact) mass is 756 g/mol. The van der Waals surface area contributed by atoms with Crippen LogP contribution in [0.25, 0.3) is 131 Å². The first-order chi connectivity index (χ1) is 29.7. The van der Waals surface area contributed by atoms with Gasteiger partial charge in [0.25, 0.3) is 0 Å². The molecule has 0 N–H and O–H groups in total. The highest BCUT2D eigenvalue weighted by atomic mass is 14.2. The zero-order chi connectivity index (χ0) is 39.3. The number of hydrogen-bond acceptors (Lipinski definition) is 0. The van der Waals surface area contributed by atoms with Gasteiger partial charge in [-0.3, -0.25) is 0 Å². The molecule has 13 aromatic carbocycles. The van der Waals surface area contributed by atoms with E-state index in [4.69, 9.17) is 0 Å². The minimum atomic E-state index is 1.20. The van der Waals surface area contributed by atoms with Crippen molar-refractivity contribution in [3.8, 4) is 55.6 Å². The van der Waals surface area contributed by atoms with Crippen LogP contribution in [-0.2, 0) is 0 Å². The van der Waals surface area contributed by atoms with Gasteiger partial charge in [0.15, 0.2) is 0 Å². The maximum absolute atomic E-state index is 2.39. The third kappa shape index (κ3) is 5.11. The Bertz CT molecular complexity index is 3780. The van der Waals surface area contributed by atoms with Gasteiger partial charge in [-0.05, 0) is 161 Å². The van der Waals surface area contributed by atoms with Gasteiger partial charge in [0, 0.05) is 0 Å². The summed E-state index contributed by atoms with van der Waals surface area (Å²) in [5, 5.41) is 18.2. The zero-order valence-corrected chi connectivity index (χ0v) is 32.8. The van der Waals surface area contributed by atoms with Crippen LogP contribution in [0.1, 0.15) is 0 Å². The first-order valence-electron chi connectivity index (χ1n) is 20.9. The molecule has 0 amide bonds. The quantitative estimate of drug-likeness (QED) is 0.153. The van der Waals surface area contributed by atoms with E-state index < -0.39 is 0 Å². The summed E-state index contributed by atoms with van der Waals surface area (Å²) in [6.07, 6.45) is 0. The maximum Gasteiger partial charge on any atom is -0.00206 e. The molecule has 0 aliphatic rings. The van der Waals surface area contributed by atoms with Crippen molar-refractivity contribution in [1.29, 1.82) is 0 Å². The molecule has 0 heterocycles. The van der Waals surface area contributed by atoms with Crippen LogP contribution in [-0.4, -0.2) is 0 Å². The van der Waals surface area contributed by atoms with Crippen molar-refractivity contribution >= 4 is 75.4 Å². The van der Waals surface area contributed by atoms with Gasteiger partial charge in [0.2, 0.25) is 0 Å². The molecule has 13 aromatic rings. The highest BCUT2D eigenvalue weighted by Crippen LogP contribution is 2.43. The van der Waals surface area contributed by atoms with Crippen LogP contribution in [0.15, 0.2) is 218 Å². The average molecular weight is 757 g/mol. The molecule has 0 aliphatic carbocycles. The Morgan fingerprint density at radius 3 is 1.15 bits per heavy atom. The molecule has 60 heavy (non-hydrogen) atoms. The summed E-state index contributed by atoms with van der Waals surface area (Å²) in [5.74, 6) is 0. The Labute approximate surface area is 347 Å². The number of benzene rings is 13. The largest absolute Gasteiger partial charge is 0.0616 e. The lowest BCUT2D eigenvalue weighted by atomic mass is 9.87. The molecule has 0 heteroatoms. The lowest BCUT2D eigenvalue weighted by Crippen LogP contribution is -1.90. The smallest absolute Gasteiger partial charge is 0.00206 e. The van der Waals surface area contributed by atoms with E-state index in [1.54, 1.807) is 0 Å². The minimum absolute atomic E-state index is 1.20. The average Bonchev–Trinajstić information content (AvgIpc) is 3.32. The number of hydrogen-bond donors (Lipinski definition) is 0. The van der Waals surface area contributed by atoms with Crippen LogP contribution >= 0.6 is 0 Å². The van der Waals surface area contributed by atoms with Crippen LogP contribution in [0.2, 0.25) is 0 Å². The van der Waals surface area contributed by atoms with Gasteiger partial charge in [-0.25, -0.2) is 0 Å². The van der Waals surface area contributed by atoms with E-state index >= 15 is 0 Å². The first-order valence-corrected chi connectivity index (χ1v) is 20.9. The van der Waals surface area contributed by atoms with Gasteiger partial charge in [0.1, 0.15) is 0 Å². The van der Waals surface area contributed by atoms with Crippen LogP contribution in [0, 0.1) is 0 Å². The minimum Gasteiger partial charge on any atom is -0.0616 e. The van der Waals surface area contributed by atoms with Crippen LogP contribution < -0.4 is 0 Å². The molecule has 0 fully saturated rings. The Morgan fingerprint density at radius 1 is 0.167 bits per heavy atom. The van der Waals surface area contributed by atoms with Crippen molar-refractivity contribution in [3.63, 3.8) is 0 Å². The normalized spacial score (nSPS) is 12.0. The number of rotatable bonds is 5. The molecule has 0 unspecified atom stereocenters. The van der Waals surface area contributed by atoms with E-state index in [2.05, 4.69) is 218 Å². The van der Waals surface area contributed by atoms with Gasteiger partial charge in [-0.15, -0.1) is 0 Å². The SMILES string of the molecule is c1cc(-c2ccc(-c3cc(-c4ccc5ccccc5c4)cc(-c4ccc5ccc6cccc7ccc4c5c67)c3)cc2)cc(-c2ccc3ccc4cccc5ccc2c3c45)c1. The Balaban J connectivity index is 0.933. The van der Waals surface area contributed by atoms with Crippen LogP contribution in [0.3, 0.4) is 0 Å². The Kier molecular flexibility index (Phi) is 7.11. The molecule has 0 saturated carbocycles. The second-order valence-electron chi connectivity index (χ2n) is 16.5. The summed E-state index contributed by atoms with van der Waals surface area (Å²) < 4.78 is 0. The number of fused-ring (bicyclic) bond motifs is 1. The molecule has 0 atom stereocenters. The van der Waals surface area contributed by atoms with Crippen molar-refractivity contribution in [2.45, 2.75) is 0 Å². The summed E-state index contributed by atoms with van der Waals surface area (Å²) in [6.45, 7) is 0. The standard InChI is InChI=1S/C60H36/c1-2-7-46-32-48(23-18-37(46)6-1)51-34-50(35-52(36-51)54-29-25-45-22-20-41-9-4-11-43-27-31-56(54)60(45)58(41)43)39-16-14-38(15-17-39)47-12-5-13-49(33-47)53-28-24-44-21-19-40-8-3-10-42-26-30-55(53)59(44)57(40)42/h1-36H. The van der Waals surface area contributed by atoms with Gasteiger partial charge in [-0.2, -0.15) is 0 Å². The summed E-state index contributed by atoms with van der Waals surface area (Å²) in [6, 6.07) is 81.6. The van der Waals surface area contributed by atoms with E-state index in [1.807, 2.05) is 0 Å². The van der Waals surface area contributed by atoms with E-state index in [9.17, 15) is 0 Å². The Morgan fingerprint density at radius 2 is 0.533 bits per heavy atom. The molecule has 0 nitrogen and oxygen atoms in total. The molecule has 0 aliphatic heterocycles. The predicted octanol–water partition coefficient (Wildman–Crippen LogP) is 17.0. The van der Waals surface area contributed by atoms with Crippen molar-refractivity contribution in [2.24, 2.45) is 0 Å². The maximum atomic E-state index is 2.39. The fourth-order valence-electron chi connectivity index (χ4n) is 10.2. The van der Waals surface area contributed by atoms with Crippen molar-refractivity contribution in [2.75, 3.05) is 0 Å². The fraction of sp³-hybridized carbons (Fsp3) is 0. The molecule has 276 valence electrons. The summed E-state index contributed by atoms with van der Waals surface area (Å²) in [5.41, 5.74) is 12.2. The molecule has 13 rings (SSSR count). The third-order valence-corrected chi connectivity index (χ3v) is 13.1. The lowest BCUT2D eigenvalue weighted by molar-refractivity contribution is 1.57. The van der Waals surface area contributed by atoms with Gasteiger partial charge in [0.05, 0.1) is 0 Å². The highest BCUT2D eigenvalue weighted by Gasteiger charge is 2.16. The molecule has 0 spiro atoms. The van der Waals surface area contributed by atoms with E-state index in [0.717, 1.165) is 0 Å². The molecular formula is C60H36. The zero-order valence-electron chi connectivity index (χ0n) is 32.8. The molecule has 0 radical (unpaired) electrons. The van der Waals surface area contributed by atoms with Crippen molar-refractivity contribution < 1.29 is 0 Å². The van der Waals surface area contributed by atoms with Crippen molar-refractivity contribution in [3.05, 3.63) is 218 Å². The van der Waals surface area contributed by atoms with E-state index in [0.29, 0.717) is 0 Å². The van der Waals surface area contributed by atoms with Gasteiger partial charge in [-0.1, -0.05) is 188 Å². The van der Waals surface area contributed by atoms with E-state index in [-0.39, 0.29) is 0 Å².